The quantitative estimate of drug-likeness (QED) is 0.792. The number of rotatable bonds is 4. The van der Waals surface area contributed by atoms with E-state index >= 15 is 0 Å². The molecule has 0 bridgehead atoms. The zero-order valence-corrected chi connectivity index (χ0v) is 10.0. The summed E-state index contributed by atoms with van der Waals surface area (Å²) in [6.07, 6.45) is 5.10. The summed E-state index contributed by atoms with van der Waals surface area (Å²) in [4.78, 5) is 23.5. The number of aryl methyl sites for hydroxylation is 1. The van der Waals surface area contributed by atoms with Crippen LogP contribution in [0.4, 0.5) is 10.5 Å². The number of para-hydroxylation sites is 1. The molecule has 1 aromatic carbocycles. The number of nitrogens with zero attached hydrogens (tertiary/aromatic N) is 1. The number of carbonyl (C=O) groups excluding carboxylic acids is 1. The lowest BCUT2D eigenvalue weighted by Crippen LogP contribution is -2.39. The second-order valence-electron chi connectivity index (χ2n) is 3.70. The monoisotopic (exact) mass is 246 g/mol. The minimum atomic E-state index is -1.11. The predicted octanol–water partition coefficient (Wildman–Crippen LogP) is 1.55. The summed E-state index contributed by atoms with van der Waals surface area (Å²) in [5, 5.41) is 11.3. The van der Waals surface area contributed by atoms with Gasteiger partial charge in [-0.1, -0.05) is 24.1 Å². The first-order valence-electron chi connectivity index (χ1n) is 5.31. The average molecular weight is 246 g/mol. The molecule has 1 rings (SSSR count). The highest BCUT2D eigenvalue weighted by Gasteiger charge is 2.16. The van der Waals surface area contributed by atoms with E-state index in [0.29, 0.717) is 5.69 Å². The van der Waals surface area contributed by atoms with Gasteiger partial charge in [0.25, 0.3) is 0 Å². The van der Waals surface area contributed by atoms with E-state index in [-0.39, 0.29) is 6.54 Å². The van der Waals surface area contributed by atoms with Crippen LogP contribution in [0.15, 0.2) is 24.3 Å². The van der Waals surface area contributed by atoms with Gasteiger partial charge < -0.3 is 15.3 Å². The van der Waals surface area contributed by atoms with Gasteiger partial charge >= 0.3 is 12.0 Å². The van der Waals surface area contributed by atoms with Crippen LogP contribution in [0.2, 0.25) is 0 Å². The highest BCUT2D eigenvalue weighted by atomic mass is 16.4. The number of hydrogen-bond acceptors (Lipinski definition) is 2. The molecule has 5 nitrogen and oxygen atoms in total. The molecule has 0 saturated carbocycles. The summed E-state index contributed by atoms with van der Waals surface area (Å²) < 4.78 is 0. The second-order valence-corrected chi connectivity index (χ2v) is 3.70. The number of nitrogens with one attached hydrogen (secondary N) is 1. The van der Waals surface area contributed by atoms with Crippen LogP contribution >= 0.6 is 0 Å². The first-order valence-corrected chi connectivity index (χ1v) is 5.31. The first kappa shape index (κ1) is 13.6. The van der Waals surface area contributed by atoms with Gasteiger partial charge in [0.15, 0.2) is 0 Å². The van der Waals surface area contributed by atoms with Crippen molar-refractivity contribution in [3.8, 4) is 12.3 Å². The maximum Gasteiger partial charge on any atom is 0.323 e. The number of aliphatic carboxylic acids is 1. The van der Waals surface area contributed by atoms with E-state index in [4.69, 9.17) is 11.5 Å². The van der Waals surface area contributed by atoms with Crippen LogP contribution in [0.3, 0.4) is 0 Å². The normalized spacial score (nSPS) is 9.33. The predicted molar refractivity (Wildman–Crippen MR) is 68.2 cm³/mol. The third-order valence-electron chi connectivity index (χ3n) is 2.28. The molecule has 2 amide bonds. The summed E-state index contributed by atoms with van der Waals surface area (Å²) in [5.41, 5.74) is 1.52. The van der Waals surface area contributed by atoms with Gasteiger partial charge in [0.1, 0.15) is 6.54 Å². The van der Waals surface area contributed by atoms with Crippen LogP contribution < -0.4 is 5.32 Å². The van der Waals surface area contributed by atoms with Crippen LogP contribution in [-0.4, -0.2) is 35.1 Å². The van der Waals surface area contributed by atoms with Crippen LogP contribution in [0.1, 0.15) is 5.56 Å². The van der Waals surface area contributed by atoms with E-state index in [1.54, 1.807) is 12.1 Å². The smallest absolute Gasteiger partial charge is 0.323 e. The van der Waals surface area contributed by atoms with Crippen molar-refractivity contribution in [1.29, 1.82) is 0 Å². The summed E-state index contributed by atoms with van der Waals surface area (Å²) in [5.74, 6) is 1.15. The van der Waals surface area contributed by atoms with E-state index in [1.165, 1.54) is 0 Å². The fourth-order valence-corrected chi connectivity index (χ4v) is 1.38. The number of urea groups is 1. The van der Waals surface area contributed by atoms with E-state index in [2.05, 4.69) is 11.2 Å². The van der Waals surface area contributed by atoms with Crippen molar-refractivity contribution < 1.29 is 14.7 Å². The molecule has 0 heterocycles. The molecule has 0 fully saturated rings. The van der Waals surface area contributed by atoms with Gasteiger partial charge in [0.05, 0.1) is 6.54 Å². The molecule has 1 aromatic rings. The number of carboxylic acids is 1. The number of benzene rings is 1. The summed E-state index contributed by atoms with van der Waals surface area (Å²) in [6.45, 7) is 1.37. The van der Waals surface area contributed by atoms with Crippen LogP contribution in [0, 0.1) is 19.3 Å². The standard InChI is InChI=1S/C13H14N2O3/c1-3-8-15(9-12(16)17)13(18)14-11-7-5-4-6-10(11)2/h1,4-7H,8-9H2,2H3,(H,14,18)(H,16,17). The number of terminal acetylenes is 1. The molecule has 0 aromatic heterocycles. The molecule has 0 aliphatic carbocycles. The lowest BCUT2D eigenvalue weighted by atomic mass is 10.2. The molecule has 2 N–H and O–H groups in total. The molecule has 0 aliphatic rings. The number of anilines is 1. The molecule has 0 spiro atoms. The fourth-order valence-electron chi connectivity index (χ4n) is 1.38. The van der Waals surface area contributed by atoms with Gasteiger partial charge in [-0.3, -0.25) is 4.79 Å². The minimum absolute atomic E-state index is 0.0516. The third-order valence-corrected chi connectivity index (χ3v) is 2.28. The maximum atomic E-state index is 11.8. The highest BCUT2D eigenvalue weighted by Crippen LogP contribution is 2.13. The molecule has 94 valence electrons. The minimum Gasteiger partial charge on any atom is -0.480 e. The van der Waals surface area contributed by atoms with E-state index in [0.717, 1.165) is 10.5 Å². The van der Waals surface area contributed by atoms with Crippen molar-refractivity contribution in [2.45, 2.75) is 6.92 Å². The van der Waals surface area contributed by atoms with Crippen molar-refractivity contribution in [2.75, 3.05) is 18.4 Å². The van der Waals surface area contributed by atoms with Gasteiger partial charge in [-0.15, -0.1) is 6.42 Å². The number of carboxylic acid groups (broad SMARTS) is 1. The maximum absolute atomic E-state index is 11.8. The number of carbonyl (C=O) groups is 2. The summed E-state index contributed by atoms with van der Waals surface area (Å²) in [7, 11) is 0. The highest BCUT2D eigenvalue weighted by molar-refractivity contribution is 5.92. The summed E-state index contributed by atoms with van der Waals surface area (Å²) >= 11 is 0. The van der Waals surface area contributed by atoms with E-state index in [9.17, 15) is 9.59 Å². The van der Waals surface area contributed by atoms with Crippen molar-refractivity contribution >= 4 is 17.7 Å². The number of amides is 2. The molecular formula is C13H14N2O3. The van der Waals surface area contributed by atoms with Crippen LogP contribution in [0.5, 0.6) is 0 Å². The Kier molecular flexibility index (Phi) is 4.76. The Labute approximate surface area is 105 Å². The topological polar surface area (TPSA) is 69.6 Å². The van der Waals surface area contributed by atoms with Gasteiger partial charge in [-0.25, -0.2) is 4.79 Å². The lowest BCUT2D eigenvalue weighted by Gasteiger charge is -2.19. The summed E-state index contributed by atoms with van der Waals surface area (Å²) in [6, 6.07) is 6.69. The van der Waals surface area contributed by atoms with E-state index < -0.39 is 18.5 Å². The molecule has 0 saturated heterocycles. The van der Waals surface area contributed by atoms with Gasteiger partial charge in [0.2, 0.25) is 0 Å². The van der Waals surface area contributed by atoms with Crippen molar-refractivity contribution in [3.63, 3.8) is 0 Å². The molecule has 0 unspecified atom stereocenters. The average Bonchev–Trinajstić information content (AvgIpc) is 2.31. The molecule has 0 atom stereocenters. The Morgan fingerprint density at radius 1 is 1.44 bits per heavy atom. The van der Waals surface area contributed by atoms with Gasteiger partial charge in [-0.05, 0) is 18.6 Å². The second kappa shape index (κ2) is 6.30. The molecule has 5 heteroatoms. The fraction of sp³-hybridized carbons (Fsp3) is 0.231. The number of hydrogen-bond donors (Lipinski definition) is 2. The van der Waals surface area contributed by atoms with E-state index in [1.807, 2.05) is 19.1 Å². The van der Waals surface area contributed by atoms with Crippen molar-refractivity contribution in [1.82, 2.24) is 4.90 Å². The SMILES string of the molecule is C#CCN(CC(=O)O)C(=O)Nc1ccccc1C. The Balaban J connectivity index is 2.76. The van der Waals surface area contributed by atoms with Crippen molar-refractivity contribution in [2.24, 2.45) is 0 Å². The zero-order chi connectivity index (χ0) is 13.5. The van der Waals surface area contributed by atoms with Crippen molar-refractivity contribution in [3.05, 3.63) is 29.8 Å². The Morgan fingerprint density at radius 2 is 2.11 bits per heavy atom. The Bertz CT molecular complexity index is 491. The van der Waals surface area contributed by atoms with Crippen LogP contribution in [0.25, 0.3) is 0 Å². The largest absolute Gasteiger partial charge is 0.480 e. The molecule has 0 aliphatic heterocycles. The Morgan fingerprint density at radius 3 is 2.67 bits per heavy atom. The molecular weight excluding hydrogens is 232 g/mol. The van der Waals surface area contributed by atoms with Crippen LogP contribution in [-0.2, 0) is 4.79 Å². The zero-order valence-electron chi connectivity index (χ0n) is 10.0. The lowest BCUT2D eigenvalue weighted by molar-refractivity contribution is -0.137. The Hall–Kier alpha value is -2.48. The van der Waals surface area contributed by atoms with Gasteiger partial charge in [0, 0.05) is 5.69 Å². The first-order chi connectivity index (χ1) is 8.54. The third kappa shape index (κ3) is 3.83. The molecule has 0 radical (unpaired) electrons. The van der Waals surface area contributed by atoms with Gasteiger partial charge in [-0.2, -0.15) is 0 Å². The molecule has 18 heavy (non-hydrogen) atoms.